The molecule has 0 spiro atoms. The Kier molecular flexibility index (Phi) is 13.8. The number of methoxy groups -OCH3 is 2. The number of hydrogen-bond acceptors (Lipinski definition) is 13. The van der Waals surface area contributed by atoms with Crippen molar-refractivity contribution in [3.63, 3.8) is 0 Å². The Morgan fingerprint density at radius 2 is 1.05 bits per heavy atom. The van der Waals surface area contributed by atoms with Gasteiger partial charge in [-0.05, 0) is 89.9 Å². The fraction of sp³-hybridized carbons (Fsp3) is 0.367. The second-order valence-electron chi connectivity index (χ2n) is 16.8. The summed E-state index contributed by atoms with van der Waals surface area (Å²) in [6, 6.07) is 31.3. The van der Waals surface area contributed by atoms with Gasteiger partial charge in [-0.2, -0.15) is 0 Å². The van der Waals surface area contributed by atoms with Crippen molar-refractivity contribution < 1.29 is 28.6 Å². The summed E-state index contributed by atoms with van der Waals surface area (Å²) in [6.07, 6.45) is 3.39. The van der Waals surface area contributed by atoms with E-state index in [-0.39, 0.29) is 18.1 Å². The zero-order valence-electron chi connectivity index (χ0n) is 37.1. The number of benzene rings is 4. The molecule has 0 aliphatic carbocycles. The van der Waals surface area contributed by atoms with Crippen molar-refractivity contribution in [1.82, 2.24) is 30.2 Å². The van der Waals surface area contributed by atoms with Crippen molar-refractivity contribution >= 4 is 51.7 Å². The zero-order valence-corrected chi connectivity index (χ0v) is 37.1. The highest BCUT2D eigenvalue weighted by Gasteiger charge is 2.31. The second kappa shape index (κ2) is 19.6. The smallest absolute Gasteiger partial charge is 0.410 e. The molecule has 63 heavy (non-hydrogen) atoms. The normalized spacial score (nSPS) is 14.8. The van der Waals surface area contributed by atoms with Gasteiger partial charge in [-0.15, -0.1) is 0 Å². The van der Waals surface area contributed by atoms with Crippen LogP contribution >= 0.6 is 0 Å². The molecule has 0 atom stereocenters. The lowest BCUT2D eigenvalue weighted by Gasteiger charge is -2.38. The molecule has 1 N–H and O–H groups in total. The van der Waals surface area contributed by atoms with Crippen LogP contribution < -0.4 is 15.1 Å². The van der Waals surface area contributed by atoms with E-state index >= 15 is 0 Å². The van der Waals surface area contributed by atoms with Crippen LogP contribution in [0.2, 0.25) is 0 Å². The molecule has 0 bridgehead atoms. The van der Waals surface area contributed by atoms with Gasteiger partial charge >= 0.3 is 18.0 Å². The van der Waals surface area contributed by atoms with Crippen LogP contribution in [0.4, 0.5) is 16.4 Å². The van der Waals surface area contributed by atoms with Gasteiger partial charge in [0.05, 0.1) is 47.4 Å². The molecule has 6 aromatic rings. The molecule has 14 heteroatoms. The highest BCUT2D eigenvalue weighted by Crippen LogP contribution is 2.34. The van der Waals surface area contributed by atoms with E-state index in [1.165, 1.54) is 14.2 Å². The maximum atomic E-state index is 12.5. The minimum Gasteiger partial charge on any atom is -0.465 e. The first kappa shape index (κ1) is 44.4. The third-order valence-electron chi connectivity index (χ3n) is 11.4. The lowest BCUT2D eigenvalue weighted by atomic mass is 10.0. The molecule has 328 valence electrons. The molecule has 0 unspecified atom stereocenters. The van der Waals surface area contributed by atoms with Gasteiger partial charge in [0.2, 0.25) is 0 Å². The maximum Gasteiger partial charge on any atom is 0.410 e. The molecular formula is C49H56N8O6. The Morgan fingerprint density at radius 3 is 1.44 bits per heavy atom. The lowest BCUT2D eigenvalue weighted by Crippen LogP contribution is -2.47. The molecule has 2 fully saturated rings. The quantitative estimate of drug-likeness (QED) is 0.116. The minimum absolute atomic E-state index is 0.0839. The number of fused-ring (bicyclic) bond motifs is 2. The van der Waals surface area contributed by atoms with Crippen LogP contribution in [-0.4, -0.2) is 115 Å². The number of nitrogens with zero attached hydrogens (tertiary/aromatic N) is 7. The van der Waals surface area contributed by atoms with E-state index in [1.54, 1.807) is 42.3 Å². The first-order chi connectivity index (χ1) is 30.3. The topological polar surface area (TPSA) is 152 Å². The lowest BCUT2D eigenvalue weighted by molar-refractivity contribution is 0.0200. The summed E-state index contributed by atoms with van der Waals surface area (Å²) >= 11 is 0. The highest BCUT2D eigenvalue weighted by atomic mass is 16.6. The van der Waals surface area contributed by atoms with Crippen molar-refractivity contribution in [3.8, 4) is 22.5 Å². The fourth-order valence-electron chi connectivity index (χ4n) is 7.93. The summed E-state index contributed by atoms with van der Waals surface area (Å²) in [7, 11) is 6.56. The maximum absolute atomic E-state index is 12.5. The van der Waals surface area contributed by atoms with Crippen LogP contribution in [0.25, 0.3) is 44.6 Å². The van der Waals surface area contributed by atoms with Crippen LogP contribution in [0.15, 0.2) is 97.1 Å². The summed E-state index contributed by atoms with van der Waals surface area (Å²) in [4.78, 5) is 62.4. The Labute approximate surface area is 368 Å². The standard InChI is InChI=1S/C27H32N4O4.C22H24N4O2/c1-27(2,3)35-26(33)30(4)20-13-15-31(16-14-20)24-23(18-9-7-6-8-10-18)28-21-12-11-19(25(32)34-5)17-22(21)29-24;1-23-17-10-12-26(13-11-17)21-20(15-6-4-3-5-7-15)24-18-9-8-16(22(27)28-2)14-19(18)25-21/h6-12,17,20H,13-16H2,1-5H3;3-9,14,17,23H,10-13H2,1-2H3. The van der Waals surface area contributed by atoms with Crippen molar-refractivity contribution in [2.75, 3.05) is 64.3 Å². The first-order valence-electron chi connectivity index (χ1n) is 21.4. The number of rotatable bonds is 8. The van der Waals surface area contributed by atoms with Gasteiger partial charge in [0, 0.05) is 56.4 Å². The molecule has 2 aliphatic heterocycles. The third kappa shape index (κ3) is 10.5. The van der Waals surface area contributed by atoms with Crippen LogP contribution in [0, 0.1) is 0 Å². The number of nitrogens with one attached hydrogen (secondary N) is 1. The number of piperidine rings is 2. The van der Waals surface area contributed by atoms with Gasteiger partial charge in [-0.1, -0.05) is 60.7 Å². The number of carbonyl (C=O) groups is 3. The van der Waals surface area contributed by atoms with E-state index in [9.17, 15) is 14.4 Å². The molecule has 2 aliphatic rings. The number of amides is 1. The van der Waals surface area contributed by atoms with E-state index in [0.717, 1.165) is 78.4 Å². The van der Waals surface area contributed by atoms with Gasteiger partial charge in [0.1, 0.15) is 17.0 Å². The van der Waals surface area contributed by atoms with Gasteiger partial charge in [0.25, 0.3) is 0 Å². The summed E-state index contributed by atoms with van der Waals surface area (Å²) in [5.74, 6) is 0.861. The summed E-state index contributed by atoms with van der Waals surface area (Å²) < 4.78 is 15.3. The molecule has 8 rings (SSSR count). The molecular weight excluding hydrogens is 797 g/mol. The molecule has 1 amide bonds. The van der Waals surface area contributed by atoms with Crippen LogP contribution in [0.5, 0.6) is 0 Å². The van der Waals surface area contributed by atoms with Crippen LogP contribution in [-0.2, 0) is 14.2 Å². The average molecular weight is 853 g/mol. The summed E-state index contributed by atoms with van der Waals surface area (Å²) in [5.41, 5.74) is 6.89. The molecule has 4 heterocycles. The van der Waals surface area contributed by atoms with Gasteiger partial charge in [-0.3, -0.25) is 0 Å². The third-order valence-corrected chi connectivity index (χ3v) is 11.4. The molecule has 4 aromatic carbocycles. The van der Waals surface area contributed by atoms with Crippen molar-refractivity contribution in [1.29, 1.82) is 0 Å². The Morgan fingerprint density at radius 1 is 0.619 bits per heavy atom. The van der Waals surface area contributed by atoms with Crippen LogP contribution in [0.3, 0.4) is 0 Å². The Hall–Kier alpha value is -6.67. The van der Waals surface area contributed by atoms with Crippen molar-refractivity contribution in [2.45, 2.75) is 64.1 Å². The van der Waals surface area contributed by atoms with Gasteiger partial charge in [-0.25, -0.2) is 34.3 Å². The fourth-order valence-corrected chi connectivity index (χ4v) is 7.93. The summed E-state index contributed by atoms with van der Waals surface area (Å²) in [5, 5.41) is 3.36. The van der Waals surface area contributed by atoms with Gasteiger partial charge in [0.15, 0.2) is 11.6 Å². The zero-order chi connectivity index (χ0) is 44.7. The molecule has 0 radical (unpaired) electrons. The van der Waals surface area contributed by atoms with Crippen molar-refractivity contribution in [3.05, 3.63) is 108 Å². The van der Waals surface area contributed by atoms with E-state index in [4.69, 9.17) is 34.1 Å². The monoisotopic (exact) mass is 852 g/mol. The van der Waals surface area contributed by atoms with E-state index in [1.807, 2.05) is 82.4 Å². The molecule has 2 aromatic heterocycles. The Balaban J connectivity index is 0.000000193. The Bertz CT molecular complexity index is 2550. The number of ether oxygens (including phenoxy) is 3. The first-order valence-corrected chi connectivity index (χ1v) is 21.4. The van der Waals surface area contributed by atoms with Gasteiger partial charge < -0.3 is 34.2 Å². The minimum atomic E-state index is -0.527. The van der Waals surface area contributed by atoms with E-state index in [2.05, 4.69) is 27.2 Å². The largest absolute Gasteiger partial charge is 0.465 e. The highest BCUT2D eigenvalue weighted by molar-refractivity contribution is 5.95. The number of esters is 2. The number of carbonyl (C=O) groups excluding carboxylic acids is 3. The van der Waals surface area contributed by atoms with E-state index in [0.29, 0.717) is 46.8 Å². The number of hydrogen-bond donors (Lipinski definition) is 1. The molecule has 0 saturated carbocycles. The number of anilines is 2. The average Bonchev–Trinajstić information content (AvgIpc) is 3.32. The molecule has 14 nitrogen and oxygen atoms in total. The molecule has 2 saturated heterocycles. The second-order valence-corrected chi connectivity index (χ2v) is 16.8. The van der Waals surface area contributed by atoms with Crippen LogP contribution in [0.1, 0.15) is 67.2 Å². The predicted molar refractivity (Wildman–Crippen MR) is 246 cm³/mol. The number of aromatic nitrogens is 4. The van der Waals surface area contributed by atoms with E-state index < -0.39 is 11.6 Å². The predicted octanol–water partition coefficient (Wildman–Crippen LogP) is 8.19. The SMILES string of the molecule is CNC1CCN(c2nc3cc(C(=O)OC)ccc3nc2-c2ccccc2)CC1.COC(=O)c1ccc2nc(-c3ccccc3)c(N3CCC(N(C)C(=O)OC(C)(C)C)CC3)nc2c1. The van der Waals surface area contributed by atoms with Crippen molar-refractivity contribution in [2.24, 2.45) is 0 Å². The summed E-state index contributed by atoms with van der Waals surface area (Å²) in [6.45, 7) is 8.89.